The molecule has 0 radical (unpaired) electrons. The van der Waals surface area contributed by atoms with Crippen molar-refractivity contribution in [1.29, 1.82) is 0 Å². The number of benzene rings is 1. The Hall–Kier alpha value is -2.84. The lowest BCUT2D eigenvalue weighted by Gasteiger charge is -2.09. The average Bonchev–Trinajstić information content (AvgIpc) is 3.21. The summed E-state index contributed by atoms with van der Waals surface area (Å²) in [5.74, 6) is 0.951. The minimum atomic E-state index is -0.0120. The third-order valence-electron chi connectivity index (χ3n) is 4.20. The Kier molecular flexibility index (Phi) is 3.90. The molecule has 0 atom stereocenters. The molecule has 0 amide bonds. The molecule has 4 N–H and O–H groups in total. The van der Waals surface area contributed by atoms with Gasteiger partial charge in [-0.1, -0.05) is 29.4 Å². The number of hydrogen-bond acceptors (Lipinski definition) is 7. The van der Waals surface area contributed by atoms with Crippen LogP contribution >= 0.6 is 11.3 Å². The van der Waals surface area contributed by atoms with Crippen LogP contribution in [0, 0.1) is 4.91 Å². The number of pyridine rings is 1. The number of nitrogens with two attached hydrogens (primary N) is 2. The molecule has 0 saturated carbocycles. The first kappa shape index (κ1) is 15.7. The highest BCUT2D eigenvalue weighted by atomic mass is 32.1. The summed E-state index contributed by atoms with van der Waals surface area (Å²) in [6, 6.07) is 10.00. The van der Waals surface area contributed by atoms with E-state index in [4.69, 9.17) is 11.5 Å². The SMILES string of the molecule is NCc1ccc(Cn2c(CN=O)nc3c(N)nc4ccsc4c32)cc1. The number of aromatic nitrogens is 3. The van der Waals surface area contributed by atoms with Gasteiger partial charge in [-0.3, -0.25) is 0 Å². The highest BCUT2D eigenvalue weighted by Crippen LogP contribution is 2.32. The zero-order valence-electron chi connectivity index (χ0n) is 13.3. The van der Waals surface area contributed by atoms with Crippen LogP contribution in [0.15, 0.2) is 40.9 Å². The van der Waals surface area contributed by atoms with Crippen LogP contribution in [0.2, 0.25) is 0 Å². The van der Waals surface area contributed by atoms with Crippen molar-refractivity contribution in [3.05, 3.63) is 57.6 Å². The smallest absolute Gasteiger partial charge is 0.152 e. The molecule has 1 aromatic carbocycles. The molecule has 0 aliphatic carbocycles. The van der Waals surface area contributed by atoms with Gasteiger partial charge in [0.1, 0.15) is 17.9 Å². The number of nitrogens with zero attached hydrogens (tertiary/aromatic N) is 4. The zero-order valence-corrected chi connectivity index (χ0v) is 14.2. The van der Waals surface area contributed by atoms with Gasteiger partial charge < -0.3 is 16.0 Å². The second-order valence-corrected chi connectivity index (χ2v) is 6.67. The topological polar surface area (TPSA) is 112 Å². The molecular weight excluding hydrogens is 336 g/mol. The van der Waals surface area contributed by atoms with Gasteiger partial charge in [0.05, 0.1) is 15.7 Å². The van der Waals surface area contributed by atoms with Gasteiger partial charge in [-0.25, -0.2) is 9.97 Å². The Labute approximate surface area is 147 Å². The van der Waals surface area contributed by atoms with E-state index in [1.54, 1.807) is 11.3 Å². The number of imidazole rings is 1. The van der Waals surface area contributed by atoms with Gasteiger partial charge in [0.15, 0.2) is 5.82 Å². The molecule has 0 fully saturated rings. The van der Waals surface area contributed by atoms with Crippen LogP contribution in [0.5, 0.6) is 0 Å². The summed E-state index contributed by atoms with van der Waals surface area (Å²) in [6.07, 6.45) is 0. The predicted molar refractivity (Wildman–Crippen MR) is 100 cm³/mol. The molecular formula is C17H16N6OS. The molecule has 0 bridgehead atoms. The number of fused-ring (bicyclic) bond motifs is 3. The fourth-order valence-electron chi connectivity index (χ4n) is 2.97. The summed E-state index contributed by atoms with van der Waals surface area (Å²) in [5, 5.41) is 4.99. The lowest BCUT2D eigenvalue weighted by molar-refractivity contribution is 0.744. The van der Waals surface area contributed by atoms with Crippen LogP contribution in [-0.4, -0.2) is 14.5 Å². The van der Waals surface area contributed by atoms with E-state index >= 15 is 0 Å². The Morgan fingerprint density at radius 2 is 1.88 bits per heavy atom. The van der Waals surface area contributed by atoms with E-state index in [0.29, 0.717) is 30.2 Å². The van der Waals surface area contributed by atoms with Crippen molar-refractivity contribution in [1.82, 2.24) is 14.5 Å². The van der Waals surface area contributed by atoms with Crippen LogP contribution in [0.25, 0.3) is 21.3 Å². The molecule has 7 nitrogen and oxygen atoms in total. The summed E-state index contributed by atoms with van der Waals surface area (Å²) >= 11 is 1.58. The molecule has 3 aromatic heterocycles. The van der Waals surface area contributed by atoms with E-state index in [-0.39, 0.29) is 6.54 Å². The summed E-state index contributed by atoms with van der Waals surface area (Å²) in [7, 11) is 0. The van der Waals surface area contributed by atoms with Crippen LogP contribution in [0.4, 0.5) is 5.82 Å². The van der Waals surface area contributed by atoms with Gasteiger partial charge in [-0.2, -0.15) is 4.91 Å². The molecule has 0 aliphatic heterocycles. The second-order valence-electron chi connectivity index (χ2n) is 5.75. The molecule has 0 saturated heterocycles. The fraction of sp³-hybridized carbons (Fsp3) is 0.176. The van der Waals surface area contributed by atoms with Crippen LogP contribution < -0.4 is 11.5 Å². The van der Waals surface area contributed by atoms with Crippen LogP contribution in [0.3, 0.4) is 0 Å². The zero-order chi connectivity index (χ0) is 17.4. The van der Waals surface area contributed by atoms with E-state index < -0.39 is 0 Å². The third-order valence-corrected chi connectivity index (χ3v) is 5.11. The van der Waals surface area contributed by atoms with Crippen LogP contribution in [-0.2, 0) is 19.6 Å². The fourth-order valence-corrected chi connectivity index (χ4v) is 3.86. The van der Waals surface area contributed by atoms with E-state index in [2.05, 4.69) is 15.1 Å². The number of anilines is 1. The number of hydrogen-bond donors (Lipinski definition) is 2. The molecule has 8 heteroatoms. The number of nitroso groups, excluding NO2 is 1. The summed E-state index contributed by atoms with van der Waals surface area (Å²) in [5.41, 5.74) is 16.3. The standard InChI is InChI=1S/C17H16N6OS/c18-7-10-1-3-11(4-2-10)9-23-13(8-20-24)22-14-15(23)16-12(5-6-25-16)21-17(14)19/h1-6H,7-9,18H2,(H2,19,21). The van der Waals surface area contributed by atoms with Gasteiger partial charge in [0, 0.05) is 13.1 Å². The van der Waals surface area contributed by atoms with Crippen LogP contribution in [0.1, 0.15) is 17.0 Å². The quantitative estimate of drug-likeness (QED) is 0.536. The maximum atomic E-state index is 10.9. The highest BCUT2D eigenvalue weighted by molar-refractivity contribution is 7.18. The Morgan fingerprint density at radius 3 is 2.60 bits per heavy atom. The lowest BCUT2D eigenvalue weighted by Crippen LogP contribution is -2.05. The Morgan fingerprint density at radius 1 is 1.12 bits per heavy atom. The van der Waals surface area contributed by atoms with E-state index in [1.807, 2.05) is 40.3 Å². The van der Waals surface area contributed by atoms with E-state index in [9.17, 15) is 4.91 Å². The molecule has 0 aliphatic rings. The predicted octanol–water partition coefficient (Wildman–Crippen LogP) is 3.00. The first-order chi connectivity index (χ1) is 12.2. The lowest BCUT2D eigenvalue weighted by atomic mass is 10.1. The first-order valence-electron chi connectivity index (χ1n) is 7.80. The van der Waals surface area contributed by atoms with E-state index in [0.717, 1.165) is 26.9 Å². The normalized spacial score (nSPS) is 11.4. The summed E-state index contributed by atoms with van der Waals surface area (Å²) in [4.78, 5) is 19.8. The highest BCUT2D eigenvalue weighted by Gasteiger charge is 2.18. The van der Waals surface area contributed by atoms with Crippen molar-refractivity contribution in [2.45, 2.75) is 19.6 Å². The molecule has 3 heterocycles. The van der Waals surface area contributed by atoms with Crippen molar-refractivity contribution >= 4 is 38.4 Å². The van der Waals surface area contributed by atoms with Gasteiger partial charge in [-0.15, -0.1) is 11.3 Å². The first-order valence-corrected chi connectivity index (χ1v) is 8.68. The van der Waals surface area contributed by atoms with E-state index in [1.165, 1.54) is 0 Å². The molecule has 0 unspecified atom stereocenters. The molecule has 4 rings (SSSR count). The minimum absolute atomic E-state index is 0.0120. The maximum Gasteiger partial charge on any atom is 0.152 e. The largest absolute Gasteiger partial charge is 0.382 e. The van der Waals surface area contributed by atoms with Crippen molar-refractivity contribution in [3.63, 3.8) is 0 Å². The minimum Gasteiger partial charge on any atom is -0.382 e. The third kappa shape index (κ3) is 2.65. The van der Waals surface area contributed by atoms with Crippen molar-refractivity contribution in [2.75, 3.05) is 5.73 Å². The second kappa shape index (κ2) is 6.23. The Balaban J connectivity index is 1.92. The maximum absolute atomic E-state index is 10.9. The molecule has 4 aromatic rings. The molecule has 126 valence electrons. The molecule has 25 heavy (non-hydrogen) atoms. The number of thiophene rings is 1. The van der Waals surface area contributed by atoms with Crippen molar-refractivity contribution in [2.24, 2.45) is 10.9 Å². The van der Waals surface area contributed by atoms with Gasteiger partial charge in [0.2, 0.25) is 0 Å². The van der Waals surface area contributed by atoms with Gasteiger partial charge in [0.25, 0.3) is 0 Å². The molecule has 0 spiro atoms. The van der Waals surface area contributed by atoms with Crippen molar-refractivity contribution in [3.8, 4) is 0 Å². The van der Waals surface area contributed by atoms with Crippen molar-refractivity contribution < 1.29 is 0 Å². The number of nitrogen functional groups attached to an aromatic ring is 1. The Bertz CT molecular complexity index is 1070. The summed E-state index contributed by atoms with van der Waals surface area (Å²) in [6.45, 7) is 1.07. The van der Waals surface area contributed by atoms with Gasteiger partial charge >= 0.3 is 0 Å². The summed E-state index contributed by atoms with van der Waals surface area (Å²) < 4.78 is 3.01. The monoisotopic (exact) mass is 352 g/mol. The average molecular weight is 352 g/mol. The number of rotatable bonds is 5. The van der Waals surface area contributed by atoms with Gasteiger partial charge in [-0.05, 0) is 22.6 Å².